The van der Waals surface area contributed by atoms with Gasteiger partial charge in [-0.15, -0.1) is 5.10 Å². The van der Waals surface area contributed by atoms with Crippen LogP contribution in [0.4, 0.5) is 0 Å². The molecule has 0 saturated carbocycles. The number of amides is 1. The van der Waals surface area contributed by atoms with Gasteiger partial charge >= 0.3 is 0 Å². The van der Waals surface area contributed by atoms with Crippen molar-refractivity contribution in [2.24, 2.45) is 0 Å². The summed E-state index contributed by atoms with van der Waals surface area (Å²) >= 11 is 0. The third-order valence-electron chi connectivity index (χ3n) is 5.58. The van der Waals surface area contributed by atoms with Crippen LogP contribution in [0.3, 0.4) is 0 Å². The van der Waals surface area contributed by atoms with Crippen molar-refractivity contribution in [3.63, 3.8) is 0 Å². The SMILES string of the molecule is O=C(Cc1nnnn1CCc1ccccc1)NC1CCN(Cc2ccccc2)CC1. The van der Waals surface area contributed by atoms with E-state index >= 15 is 0 Å². The molecule has 1 aliphatic rings. The number of hydrogen-bond acceptors (Lipinski definition) is 5. The summed E-state index contributed by atoms with van der Waals surface area (Å²) in [5.41, 5.74) is 2.56. The summed E-state index contributed by atoms with van der Waals surface area (Å²) in [6, 6.07) is 21.0. The molecule has 4 rings (SSSR count). The van der Waals surface area contributed by atoms with Gasteiger partial charge in [0.15, 0.2) is 5.82 Å². The lowest BCUT2D eigenvalue weighted by Gasteiger charge is -2.32. The maximum atomic E-state index is 12.5. The highest BCUT2D eigenvalue weighted by Gasteiger charge is 2.21. The minimum absolute atomic E-state index is 0.00716. The van der Waals surface area contributed by atoms with E-state index in [1.54, 1.807) is 4.68 Å². The predicted octanol–water partition coefficient (Wildman–Crippen LogP) is 2.24. The number of carbonyl (C=O) groups excluding carboxylic acids is 1. The molecule has 0 atom stereocenters. The lowest BCUT2D eigenvalue weighted by atomic mass is 10.0. The monoisotopic (exact) mass is 404 g/mol. The number of nitrogens with one attached hydrogen (secondary N) is 1. The van der Waals surface area contributed by atoms with E-state index in [2.05, 4.69) is 62.1 Å². The quantitative estimate of drug-likeness (QED) is 0.623. The third kappa shape index (κ3) is 5.73. The second-order valence-corrected chi connectivity index (χ2v) is 7.83. The van der Waals surface area contributed by atoms with E-state index in [4.69, 9.17) is 0 Å². The number of hydrogen-bond donors (Lipinski definition) is 1. The molecule has 1 fully saturated rings. The molecule has 1 saturated heterocycles. The average Bonchev–Trinajstić information content (AvgIpc) is 3.22. The molecule has 0 unspecified atom stereocenters. The van der Waals surface area contributed by atoms with Crippen LogP contribution in [0.1, 0.15) is 29.8 Å². The largest absolute Gasteiger partial charge is 0.353 e. The Balaban J connectivity index is 1.21. The van der Waals surface area contributed by atoms with Crippen LogP contribution in [0.15, 0.2) is 60.7 Å². The van der Waals surface area contributed by atoms with E-state index in [1.807, 2.05) is 24.3 Å². The van der Waals surface area contributed by atoms with Crippen molar-refractivity contribution >= 4 is 5.91 Å². The summed E-state index contributed by atoms with van der Waals surface area (Å²) < 4.78 is 1.73. The third-order valence-corrected chi connectivity index (χ3v) is 5.58. The van der Waals surface area contributed by atoms with Crippen molar-refractivity contribution in [1.82, 2.24) is 30.4 Å². The molecule has 2 aromatic carbocycles. The van der Waals surface area contributed by atoms with Crippen LogP contribution in [-0.2, 0) is 30.7 Å². The van der Waals surface area contributed by atoms with Gasteiger partial charge in [0, 0.05) is 32.2 Å². The van der Waals surface area contributed by atoms with Crippen molar-refractivity contribution < 1.29 is 4.79 Å². The van der Waals surface area contributed by atoms with Crippen LogP contribution in [-0.4, -0.2) is 50.1 Å². The van der Waals surface area contributed by atoms with Crippen molar-refractivity contribution in [3.8, 4) is 0 Å². The smallest absolute Gasteiger partial charge is 0.227 e. The zero-order chi connectivity index (χ0) is 20.6. The molecule has 1 N–H and O–H groups in total. The first kappa shape index (κ1) is 20.2. The van der Waals surface area contributed by atoms with Gasteiger partial charge in [-0.05, 0) is 40.8 Å². The van der Waals surface area contributed by atoms with Gasteiger partial charge in [0.05, 0.1) is 6.42 Å². The molecular formula is C23H28N6O. The predicted molar refractivity (Wildman–Crippen MR) is 115 cm³/mol. The molecule has 1 aliphatic heterocycles. The van der Waals surface area contributed by atoms with E-state index in [1.165, 1.54) is 11.1 Å². The van der Waals surface area contributed by atoms with Crippen LogP contribution < -0.4 is 5.32 Å². The van der Waals surface area contributed by atoms with Crippen molar-refractivity contribution in [3.05, 3.63) is 77.6 Å². The zero-order valence-electron chi connectivity index (χ0n) is 17.2. The van der Waals surface area contributed by atoms with Gasteiger partial charge in [0.25, 0.3) is 0 Å². The Hall–Kier alpha value is -3.06. The molecule has 0 aliphatic carbocycles. The molecule has 30 heavy (non-hydrogen) atoms. The Labute approximate surface area is 177 Å². The summed E-state index contributed by atoms with van der Waals surface area (Å²) in [4.78, 5) is 15.0. The average molecular weight is 405 g/mol. The van der Waals surface area contributed by atoms with Crippen LogP contribution >= 0.6 is 0 Å². The maximum absolute atomic E-state index is 12.5. The number of rotatable bonds is 8. The van der Waals surface area contributed by atoms with E-state index in [9.17, 15) is 4.79 Å². The van der Waals surface area contributed by atoms with Crippen molar-refractivity contribution in [2.75, 3.05) is 13.1 Å². The summed E-state index contributed by atoms with van der Waals surface area (Å²) in [7, 11) is 0. The molecule has 1 amide bonds. The normalized spacial score (nSPS) is 15.2. The fourth-order valence-corrected chi connectivity index (χ4v) is 3.90. The molecule has 0 bridgehead atoms. The highest BCUT2D eigenvalue weighted by molar-refractivity contribution is 5.78. The van der Waals surface area contributed by atoms with E-state index in [0.29, 0.717) is 12.4 Å². The maximum Gasteiger partial charge on any atom is 0.227 e. The number of piperidine rings is 1. The van der Waals surface area contributed by atoms with Gasteiger partial charge in [-0.2, -0.15) is 0 Å². The first-order valence-electron chi connectivity index (χ1n) is 10.6. The van der Waals surface area contributed by atoms with Crippen LogP contribution in [0.2, 0.25) is 0 Å². The number of nitrogens with zero attached hydrogens (tertiary/aromatic N) is 5. The molecule has 2 heterocycles. The molecular weight excluding hydrogens is 376 g/mol. The fourth-order valence-electron chi connectivity index (χ4n) is 3.90. The molecule has 7 nitrogen and oxygen atoms in total. The number of benzene rings is 2. The molecule has 156 valence electrons. The minimum Gasteiger partial charge on any atom is -0.353 e. The molecule has 0 radical (unpaired) electrons. The number of carbonyl (C=O) groups is 1. The van der Waals surface area contributed by atoms with Crippen molar-refractivity contribution in [1.29, 1.82) is 0 Å². The second-order valence-electron chi connectivity index (χ2n) is 7.83. The van der Waals surface area contributed by atoms with E-state index < -0.39 is 0 Å². The summed E-state index contributed by atoms with van der Waals surface area (Å²) in [6.07, 6.45) is 2.99. The zero-order valence-corrected chi connectivity index (χ0v) is 17.2. The first-order valence-corrected chi connectivity index (χ1v) is 10.6. The van der Waals surface area contributed by atoms with Crippen LogP contribution in [0.5, 0.6) is 0 Å². The second kappa shape index (κ2) is 10.1. The first-order chi connectivity index (χ1) is 14.8. The van der Waals surface area contributed by atoms with Gasteiger partial charge in [-0.25, -0.2) is 4.68 Å². The number of likely N-dealkylation sites (tertiary alicyclic amines) is 1. The summed E-state index contributed by atoms with van der Waals surface area (Å²) in [6.45, 7) is 3.62. The molecule has 7 heteroatoms. The molecule has 0 spiro atoms. The van der Waals surface area contributed by atoms with Gasteiger partial charge in [0.2, 0.25) is 5.91 Å². The highest BCUT2D eigenvalue weighted by atomic mass is 16.1. The Bertz CT molecular complexity index is 919. The Morgan fingerprint density at radius 3 is 2.33 bits per heavy atom. The van der Waals surface area contributed by atoms with Gasteiger partial charge in [-0.1, -0.05) is 60.7 Å². The Morgan fingerprint density at radius 2 is 1.63 bits per heavy atom. The number of tetrazole rings is 1. The number of aromatic nitrogens is 4. The summed E-state index contributed by atoms with van der Waals surface area (Å²) in [5, 5.41) is 15.0. The Morgan fingerprint density at radius 1 is 0.967 bits per heavy atom. The minimum atomic E-state index is -0.00716. The van der Waals surface area contributed by atoms with Crippen LogP contribution in [0, 0.1) is 0 Å². The van der Waals surface area contributed by atoms with Crippen LogP contribution in [0.25, 0.3) is 0 Å². The molecule has 3 aromatic rings. The molecule has 1 aromatic heterocycles. The lowest BCUT2D eigenvalue weighted by Crippen LogP contribution is -2.45. The van der Waals surface area contributed by atoms with Crippen molar-refractivity contribution in [2.45, 2.75) is 44.8 Å². The summed E-state index contributed by atoms with van der Waals surface area (Å²) in [5.74, 6) is 0.609. The van der Waals surface area contributed by atoms with Gasteiger partial charge < -0.3 is 5.32 Å². The Kier molecular flexibility index (Phi) is 6.82. The highest BCUT2D eigenvalue weighted by Crippen LogP contribution is 2.14. The van der Waals surface area contributed by atoms with Gasteiger partial charge in [-0.3, -0.25) is 9.69 Å². The lowest BCUT2D eigenvalue weighted by molar-refractivity contribution is -0.121. The van der Waals surface area contributed by atoms with E-state index in [0.717, 1.165) is 38.9 Å². The fraction of sp³-hybridized carbons (Fsp3) is 0.391. The standard InChI is InChI=1S/C23H28N6O/c30-23(17-22-25-26-27-29(22)16-11-19-7-3-1-4-8-19)24-21-12-14-28(15-13-21)18-20-9-5-2-6-10-20/h1-10,21H,11-18H2,(H,24,30). The van der Waals surface area contributed by atoms with Gasteiger partial charge in [0.1, 0.15) is 0 Å². The topological polar surface area (TPSA) is 75.9 Å². The number of aryl methyl sites for hydroxylation is 2. The van der Waals surface area contributed by atoms with E-state index in [-0.39, 0.29) is 18.4 Å².